The zero-order valence-corrected chi connectivity index (χ0v) is 48.7. The first-order chi connectivity index (χ1) is 35.8. The average Bonchev–Trinajstić information content (AvgIpc) is 3.82. The fourth-order valence-corrected chi connectivity index (χ4v) is 8.34. The van der Waals surface area contributed by atoms with Crippen molar-refractivity contribution >= 4 is 64.9 Å². The molecule has 0 bridgehead atoms. The van der Waals surface area contributed by atoms with E-state index in [0.29, 0.717) is 45.3 Å². The van der Waals surface area contributed by atoms with Crippen molar-refractivity contribution in [3.63, 3.8) is 0 Å². The number of aliphatic hydroxyl groups is 1. The van der Waals surface area contributed by atoms with E-state index in [1.54, 1.807) is 6.92 Å². The second-order valence-electron chi connectivity index (χ2n) is 22.9. The van der Waals surface area contributed by atoms with E-state index in [2.05, 4.69) is 53.2 Å². The third-order valence-corrected chi connectivity index (χ3v) is 12.9. The first-order valence-corrected chi connectivity index (χ1v) is 27.7. The fourth-order valence-electron chi connectivity index (χ4n) is 8.34. The highest BCUT2D eigenvalue weighted by atomic mass is 16.3. The van der Waals surface area contributed by atoms with Gasteiger partial charge in [0.1, 0.15) is 52.6 Å². The summed E-state index contributed by atoms with van der Waals surface area (Å²) in [5.74, 6) is -5.98. The molecule has 77 heavy (non-hydrogen) atoms. The molecule has 1 rings (SSSR count). The van der Waals surface area contributed by atoms with Gasteiger partial charge in [-0.1, -0.05) is 48.0 Å². The van der Waals surface area contributed by atoms with E-state index >= 15 is 0 Å². The van der Waals surface area contributed by atoms with E-state index in [1.807, 2.05) is 41.5 Å². The molecular formula is C54H97N11O12. The summed E-state index contributed by atoms with van der Waals surface area (Å²) >= 11 is 0. The molecule has 1 saturated heterocycles. The molecule has 1 heterocycles. The van der Waals surface area contributed by atoms with Crippen LogP contribution >= 0.6 is 0 Å². The molecule has 1 aliphatic rings. The summed E-state index contributed by atoms with van der Waals surface area (Å²) in [6, 6.07) is -5.55. The van der Waals surface area contributed by atoms with E-state index in [-0.39, 0.29) is 93.6 Å². The molecule has 440 valence electrons. The predicted molar refractivity (Wildman–Crippen MR) is 292 cm³/mol. The molecule has 10 amide bonds. The van der Waals surface area contributed by atoms with Gasteiger partial charge in [-0.25, -0.2) is 0 Å². The molecule has 0 radical (unpaired) electrons. The summed E-state index contributed by atoms with van der Waals surface area (Å²) in [6.07, 6.45) is 4.86. The van der Waals surface area contributed by atoms with Crippen LogP contribution < -0.4 is 53.2 Å². The quantitative estimate of drug-likeness (QED) is 0.0392. The van der Waals surface area contributed by atoms with Gasteiger partial charge in [-0.15, -0.1) is 0 Å². The van der Waals surface area contributed by atoms with Crippen LogP contribution in [0, 0.1) is 11.8 Å². The van der Waals surface area contributed by atoms with Gasteiger partial charge in [0.15, 0.2) is 0 Å². The molecular weight excluding hydrogens is 995 g/mol. The number of Topliss-reactive ketones (excluding diaryl/α,β-unsaturated/α-hetero) is 1. The second-order valence-corrected chi connectivity index (χ2v) is 22.9. The number of hydrogen-bond acceptors (Lipinski definition) is 13. The van der Waals surface area contributed by atoms with Crippen molar-refractivity contribution in [2.45, 2.75) is 233 Å². The van der Waals surface area contributed by atoms with E-state index < -0.39 is 94.1 Å². The van der Waals surface area contributed by atoms with Crippen LogP contribution in [0.5, 0.6) is 0 Å². The van der Waals surface area contributed by atoms with Crippen molar-refractivity contribution in [1.29, 1.82) is 0 Å². The van der Waals surface area contributed by atoms with E-state index in [0.717, 1.165) is 12.8 Å². The Morgan fingerprint density at radius 2 is 1.12 bits per heavy atom. The minimum Gasteiger partial charge on any atom is -0.395 e. The van der Waals surface area contributed by atoms with Gasteiger partial charge < -0.3 is 63.2 Å². The summed E-state index contributed by atoms with van der Waals surface area (Å²) in [5.41, 5.74) is -4.91. The Morgan fingerprint density at radius 3 is 1.69 bits per heavy atom. The smallest absolute Gasteiger partial charge is 0.246 e. The van der Waals surface area contributed by atoms with Gasteiger partial charge >= 0.3 is 0 Å². The molecule has 11 N–H and O–H groups in total. The van der Waals surface area contributed by atoms with Crippen LogP contribution in [0.3, 0.4) is 0 Å². The molecule has 1 aliphatic heterocycles. The van der Waals surface area contributed by atoms with Crippen molar-refractivity contribution < 1.29 is 57.8 Å². The van der Waals surface area contributed by atoms with Gasteiger partial charge in [-0.2, -0.15) is 0 Å². The zero-order valence-electron chi connectivity index (χ0n) is 48.7. The van der Waals surface area contributed by atoms with Gasteiger partial charge in [-0.3, -0.25) is 52.7 Å². The number of nitrogens with zero attached hydrogens (tertiary/aromatic N) is 1. The van der Waals surface area contributed by atoms with E-state index in [1.165, 1.54) is 53.4 Å². The van der Waals surface area contributed by atoms with Crippen LogP contribution in [0.1, 0.15) is 180 Å². The molecule has 0 saturated carbocycles. The standard InChI is InChI=1S/C54H97N11O12/c1-15-17-21-37(67)22-18-23-38(59-48(74)41-24-19-28-65(41)43(69)20-16-2)46(72)62-54(13,14)51(77)64-53(11,12)49(75)58-36(8)44(70)60-40(31-34(5)6)47(73)63-52(9,10)50(76)61-39(30-33(3)4)45(71)56-26-25-42(68)57-35(7)32-55-27-29-66/h33-36,38-41,55,66H,15-32H2,1-14H3,(H,56,71)(H,57,68)(H,58,75)(H,59,74)(H,60,70)(H,61,76)(H,62,72)(H,63,73)(H,64,77)/t35-,36-,38-,39-,40-,41?/m0/s1. The number of aliphatic hydroxyl groups excluding tert-OH is 1. The molecule has 0 aliphatic carbocycles. The predicted octanol–water partition coefficient (Wildman–Crippen LogP) is 1.04. The van der Waals surface area contributed by atoms with Gasteiger partial charge in [0.05, 0.1) is 6.61 Å². The molecule has 1 fully saturated rings. The lowest BCUT2D eigenvalue weighted by atomic mass is 9.97. The van der Waals surface area contributed by atoms with Crippen molar-refractivity contribution in [3.05, 3.63) is 0 Å². The molecule has 1 unspecified atom stereocenters. The SMILES string of the molecule is CCCCC(=O)CCC[C@H](NC(=O)C1CCCN1C(=O)CCC)C(=O)NC(C)(C)C(=O)NC(C)(C)C(=O)N[C@@H](C)C(=O)N[C@@H](CC(C)C)C(=O)NC(C)(C)C(=O)N[C@@H](CC(C)C)C(=O)NCCC(=O)N[C@@H](C)CNCCO. The molecule has 0 aromatic heterocycles. The molecule has 23 nitrogen and oxygen atoms in total. The van der Waals surface area contributed by atoms with Crippen molar-refractivity contribution in [2.75, 3.05) is 32.8 Å². The summed E-state index contributed by atoms with van der Waals surface area (Å²) < 4.78 is 0. The number of carbonyl (C=O) groups is 11. The molecule has 0 aromatic rings. The Balaban J connectivity index is 3.06. The van der Waals surface area contributed by atoms with E-state index in [9.17, 15) is 52.7 Å². The Morgan fingerprint density at radius 1 is 0.571 bits per heavy atom. The lowest BCUT2D eigenvalue weighted by Gasteiger charge is -2.34. The number of unbranched alkanes of at least 4 members (excludes halogenated alkanes) is 1. The van der Waals surface area contributed by atoms with Crippen molar-refractivity contribution in [3.8, 4) is 0 Å². The summed E-state index contributed by atoms with van der Waals surface area (Å²) in [5, 5.41) is 36.2. The van der Waals surface area contributed by atoms with Crippen molar-refractivity contribution in [2.24, 2.45) is 11.8 Å². The second kappa shape index (κ2) is 33.6. The average molecular weight is 1090 g/mol. The molecule has 0 spiro atoms. The zero-order chi connectivity index (χ0) is 58.8. The Labute approximate surface area is 457 Å². The van der Waals surface area contributed by atoms with Crippen LogP contribution in [0.4, 0.5) is 0 Å². The Bertz CT molecular complexity index is 2010. The minimum absolute atomic E-state index is 0.00594. The Hall–Kier alpha value is -5.71. The molecule has 0 aromatic carbocycles. The van der Waals surface area contributed by atoms with Crippen LogP contribution in [0.25, 0.3) is 0 Å². The molecule has 23 heteroatoms. The van der Waals surface area contributed by atoms with Crippen molar-refractivity contribution in [1.82, 2.24) is 58.1 Å². The van der Waals surface area contributed by atoms with Crippen LogP contribution in [-0.4, -0.2) is 161 Å². The first-order valence-electron chi connectivity index (χ1n) is 27.7. The summed E-state index contributed by atoms with van der Waals surface area (Å²) in [7, 11) is 0. The third-order valence-electron chi connectivity index (χ3n) is 12.9. The number of nitrogens with one attached hydrogen (secondary N) is 10. The van der Waals surface area contributed by atoms with Gasteiger partial charge in [0, 0.05) is 57.9 Å². The maximum absolute atomic E-state index is 13.9. The molecule has 6 atom stereocenters. The van der Waals surface area contributed by atoms with Gasteiger partial charge in [0.2, 0.25) is 59.1 Å². The van der Waals surface area contributed by atoms with Gasteiger partial charge in [-0.05, 0) is 119 Å². The van der Waals surface area contributed by atoms with Gasteiger partial charge in [0.25, 0.3) is 0 Å². The summed E-state index contributed by atoms with van der Waals surface area (Å²) in [6.45, 7) is 24.2. The first kappa shape index (κ1) is 69.3. The van der Waals surface area contributed by atoms with Crippen LogP contribution in [0.2, 0.25) is 0 Å². The lowest BCUT2D eigenvalue weighted by molar-refractivity contribution is -0.141. The Kier molecular flexibility index (Phi) is 30.2. The van der Waals surface area contributed by atoms with E-state index in [4.69, 9.17) is 5.11 Å². The van der Waals surface area contributed by atoms with Crippen LogP contribution in [0.15, 0.2) is 0 Å². The number of likely N-dealkylation sites (tertiary alicyclic amines) is 1. The summed E-state index contributed by atoms with van der Waals surface area (Å²) in [4.78, 5) is 149. The topological polar surface area (TPSA) is 332 Å². The highest BCUT2D eigenvalue weighted by Gasteiger charge is 2.41. The number of rotatable bonds is 36. The maximum Gasteiger partial charge on any atom is 0.246 e. The number of ketones is 1. The lowest BCUT2D eigenvalue weighted by Crippen LogP contribution is -2.65. The monoisotopic (exact) mass is 1090 g/mol. The number of carbonyl (C=O) groups excluding carboxylic acids is 11. The number of amides is 10. The highest BCUT2D eigenvalue weighted by molar-refractivity contribution is 6.00. The largest absolute Gasteiger partial charge is 0.395 e. The maximum atomic E-state index is 13.9. The highest BCUT2D eigenvalue weighted by Crippen LogP contribution is 2.20. The number of hydrogen-bond donors (Lipinski definition) is 11. The third kappa shape index (κ3) is 25.5. The van der Waals surface area contributed by atoms with Crippen LogP contribution in [-0.2, 0) is 52.7 Å². The minimum atomic E-state index is -1.67. The fraction of sp³-hybridized carbons (Fsp3) is 0.796. The normalized spacial score (nSPS) is 15.8.